The fourth-order valence-electron chi connectivity index (χ4n) is 4.03. The van der Waals surface area contributed by atoms with Gasteiger partial charge in [0.25, 0.3) is 0 Å². The Labute approximate surface area is 197 Å². The summed E-state index contributed by atoms with van der Waals surface area (Å²) in [6, 6.07) is 30.5. The van der Waals surface area contributed by atoms with E-state index in [4.69, 9.17) is 0 Å². The van der Waals surface area contributed by atoms with Gasteiger partial charge < -0.3 is 4.90 Å². The number of aromatic nitrogens is 3. The van der Waals surface area contributed by atoms with Crippen molar-refractivity contribution in [2.45, 2.75) is 25.2 Å². The monoisotopic (exact) mass is 452 g/mol. The number of carbonyl (C=O) groups is 1. The van der Waals surface area contributed by atoms with E-state index < -0.39 is 0 Å². The molecule has 0 saturated carbocycles. The number of para-hydroxylation sites is 1. The fourth-order valence-corrected chi connectivity index (χ4v) is 4.88. The third-order valence-corrected chi connectivity index (χ3v) is 6.60. The minimum Gasteiger partial charge on any atom is -0.333 e. The van der Waals surface area contributed by atoms with Gasteiger partial charge in [0.2, 0.25) is 5.91 Å². The van der Waals surface area contributed by atoms with Crippen molar-refractivity contribution in [2.75, 3.05) is 5.75 Å². The van der Waals surface area contributed by atoms with Crippen LogP contribution in [0.3, 0.4) is 0 Å². The molecule has 6 heteroatoms. The quantitative estimate of drug-likeness (QED) is 0.306. The average Bonchev–Trinajstić information content (AvgIpc) is 3.26. The highest BCUT2D eigenvalue weighted by Gasteiger charge is 2.18. The van der Waals surface area contributed by atoms with Crippen LogP contribution in [0.25, 0.3) is 16.6 Å². The molecular formula is C27H24N4OS. The molecule has 0 spiro atoms. The van der Waals surface area contributed by atoms with Gasteiger partial charge in [0.05, 0.1) is 11.3 Å². The summed E-state index contributed by atoms with van der Waals surface area (Å²) in [5.74, 6) is 0.365. The van der Waals surface area contributed by atoms with E-state index in [-0.39, 0.29) is 5.91 Å². The number of nitrogens with zero attached hydrogens (tertiary/aromatic N) is 4. The number of carbonyl (C=O) groups excluding carboxylic acids is 1. The van der Waals surface area contributed by atoms with Gasteiger partial charge in [-0.1, -0.05) is 90.6 Å². The van der Waals surface area contributed by atoms with Crippen LogP contribution in [0.5, 0.6) is 0 Å². The molecule has 0 atom stereocenters. The number of aryl methyl sites for hydroxylation is 1. The first-order valence-electron chi connectivity index (χ1n) is 10.9. The maximum atomic E-state index is 13.3. The normalized spacial score (nSPS) is 11.2. The van der Waals surface area contributed by atoms with Crippen molar-refractivity contribution < 1.29 is 4.79 Å². The highest BCUT2D eigenvalue weighted by atomic mass is 32.2. The number of pyridine rings is 1. The van der Waals surface area contributed by atoms with Gasteiger partial charge in [-0.25, -0.2) is 0 Å². The first-order valence-corrected chi connectivity index (χ1v) is 11.9. The minimum atomic E-state index is 0.0703. The Morgan fingerprint density at radius 3 is 2.12 bits per heavy atom. The summed E-state index contributed by atoms with van der Waals surface area (Å²) in [6.07, 6.45) is 0. The molecule has 0 aliphatic rings. The second kappa shape index (κ2) is 9.46. The largest absolute Gasteiger partial charge is 0.333 e. The smallest absolute Gasteiger partial charge is 0.233 e. The lowest BCUT2D eigenvalue weighted by molar-refractivity contribution is -0.129. The van der Waals surface area contributed by atoms with E-state index in [1.54, 1.807) is 0 Å². The van der Waals surface area contributed by atoms with Crippen molar-refractivity contribution in [3.63, 3.8) is 0 Å². The standard InChI is InChI=1S/C27H24N4OS/c1-20-16-25-28-29-27(31(25)24-15-9-8-14-23(20)24)33-19-26(32)30(17-21-10-4-2-5-11-21)18-22-12-6-3-7-13-22/h2-16H,17-19H2,1H3. The summed E-state index contributed by atoms with van der Waals surface area (Å²) < 4.78 is 2.04. The van der Waals surface area contributed by atoms with Crippen molar-refractivity contribution in [1.82, 2.24) is 19.5 Å². The lowest BCUT2D eigenvalue weighted by Crippen LogP contribution is -2.31. The molecule has 164 valence electrons. The molecule has 5 rings (SSSR count). The van der Waals surface area contributed by atoms with Gasteiger partial charge in [-0.05, 0) is 35.7 Å². The summed E-state index contributed by atoms with van der Waals surface area (Å²) in [5, 5.41) is 10.6. The molecular weight excluding hydrogens is 428 g/mol. The van der Waals surface area contributed by atoms with E-state index >= 15 is 0 Å². The van der Waals surface area contributed by atoms with Crippen LogP contribution in [-0.4, -0.2) is 31.2 Å². The van der Waals surface area contributed by atoms with Crippen molar-refractivity contribution in [3.05, 3.63) is 108 Å². The Balaban J connectivity index is 1.39. The Bertz CT molecular complexity index is 1360. The van der Waals surface area contributed by atoms with E-state index in [0.717, 1.165) is 38.4 Å². The van der Waals surface area contributed by atoms with Gasteiger partial charge in [-0.15, -0.1) is 10.2 Å². The summed E-state index contributed by atoms with van der Waals surface area (Å²) in [4.78, 5) is 15.3. The number of amides is 1. The third-order valence-electron chi connectivity index (χ3n) is 5.68. The highest BCUT2D eigenvalue weighted by molar-refractivity contribution is 7.99. The molecule has 0 fully saturated rings. The summed E-state index contributed by atoms with van der Waals surface area (Å²) in [5.41, 5.74) is 5.24. The number of fused-ring (bicyclic) bond motifs is 3. The molecule has 0 unspecified atom stereocenters. The SMILES string of the molecule is Cc1cc2nnc(SCC(=O)N(Cc3ccccc3)Cc3ccccc3)n2c2ccccc12. The topological polar surface area (TPSA) is 50.5 Å². The first kappa shape index (κ1) is 21.2. The van der Waals surface area contributed by atoms with Crippen LogP contribution >= 0.6 is 11.8 Å². The van der Waals surface area contributed by atoms with E-state index in [2.05, 4.69) is 53.5 Å². The Kier molecular flexibility index (Phi) is 6.09. The summed E-state index contributed by atoms with van der Waals surface area (Å²) >= 11 is 1.43. The molecule has 1 amide bonds. The molecule has 5 aromatic rings. The molecule has 2 heterocycles. The number of rotatable bonds is 7. The van der Waals surface area contributed by atoms with E-state index in [1.807, 2.05) is 63.9 Å². The summed E-state index contributed by atoms with van der Waals surface area (Å²) in [7, 11) is 0. The number of benzene rings is 3. The lowest BCUT2D eigenvalue weighted by atomic mass is 10.1. The van der Waals surface area contributed by atoms with Crippen molar-refractivity contribution in [1.29, 1.82) is 0 Å². The Morgan fingerprint density at radius 1 is 0.848 bits per heavy atom. The van der Waals surface area contributed by atoms with Gasteiger partial charge in [-0.3, -0.25) is 9.20 Å². The van der Waals surface area contributed by atoms with Crippen molar-refractivity contribution >= 4 is 34.2 Å². The molecule has 0 aliphatic heterocycles. The number of hydrogen-bond donors (Lipinski definition) is 0. The predicted octanol–water partition coefficient (Wildman–Crippen LogP) is 5.51. The molecule has 5 nitrogen and oxygen atoms in total. The van der Waals surface area contributed by atoms with Gasteiger partial charge in [0, 0.05) is 18.5 Å². The summed E-state index contributed by atoms with van der Waals surface area (Å²) in [6.45, 7) is 3.22. The molecule has 0 N–H and O–H groups in total. The molecule has 3 aromatic carbocycles. The van der Waals surface area contributed by atoms with Crippen LogP contribution < -0.4 is 0 Å². The average molecular weight is 453 g/mol. The van der Waals surface area contributed by atoms with Crippen LogP contribution in [0.1, 0.15) is 16.7 Å². The lowest BCUT2D eigenvalue weighted by Gasteiger charge is -2.23. The molecule has 0 saturated heterocycles. The fraction of sp³-hybridized carbons (Fsp3) is 0.148. The zero-order valence-corrected chi connectivity index (χ0v) is 19.2. The van der Waals surface area contributed by atoms with Gasteiger partial charge in [0.1, 0.15) is 0 Å². The second-order valence-electron chi connectivity index (χ2n) is 8.03. The molecule has 2 aromatic heterocycles. The van der Waals surface area contributed by atoms with E-state index in [9.17, 15) is 4.79 Å². The van der Waals surface area contributed by atoms with Crippen LogP contribution in [0, 0.1) is 6.92 Å². The molecule has 0 radical (unpaired) electrons. The first-order chi connectivity index (χ1) is 16.2. The molecule has 33 heavy (non-hydrogen) atoms. The van der Waals surface area contributed by atoms with Gasteiger partial charge in [0.15, 0.2) is 10.8 Å². The van der Waals surface area contributed by atoms with Crippen molar-refractivity contribution in [2.24, 2.45) is 0 Å². The number of hydrogen-bond acceptors (Lipinski definition) is 4. The maximum absolute atomic E-state index is 13.3. The number of thioether (sulfide) groups is 1. The van der Waals surface area contributed by atoms with Crippen molar-refractivity contribution in [3.8, 4) is 0 Å². The van der Waals surface area contributed by atoms with E-state index in [0.29, 0.717) is 18.8 Å². The minimum absolute atomic E-state index is 0.0703. The molecule has 0 bridgehead atoms. The zero-order valence-electron chi connectivity index (χ0n) is 18.4. The third kappa shape index (κ3) is 4.61. The zero-order chi connectivity index (χ0) is 22.6. The van der Waals surface area contributed by atoms with Crippen LogP contribution in [0.4, 0.5) is 0 Å². The maximum Gasteiger partial charge on any atom is 0.233 e. The van der Waals surface area contributed by atoms with Crippen LogP contribution in [0.15, 0.2) is 96.2 Å². The van der Waals surface area contributed by atoms with Gasteiger partial charge >= 0.3 is 0 Å². The van der Waals surface area contributed by atoms with E-state index in [1.165, 1.54) is 11.8 Å². The predicted molar refractivity (Wildman–Crippen MR) is 133 cm³/mol. The van der Waals surface area contributed by atoms with Crippen LogP contribution in [-0.2, 0) is 17.9 Å². The second-order valence-corrected chi connectivity index (χ2v) is 8.97. The Hall–Kier alpha value is -3.64. The van der Waals surface area contributed by atoms with Crippen LogP contribution in [0.2, 0.25) is 0 Å². The van der Waals surface area contributed by atoms with Gasteiger partial charge in [-0.2, -0.15) is 0 Å². The highest BCUT2D eigenvalue weighted by Crippen LogP contribution is 2.26. The molecule has 0 aliphatic carbocycles. The Morgan fingerprint density at radius 2 is 1.45 bits per heavy atom.